The van der Waals surface area contributed by atoms with Gasteiger partial charge in [0.2, 0.25) is 0 Å². The standard InChI is InChI=1S/C12H21N3/c1-12(2,3)7-10-8-15-5-4-9(13)6-11(15)14-10/h8-9H,4-7,13H2,1-3H3. The molecule has 1 aromatic rings. The van der Waals surface area contributed by atoms with Gasteiger partial charge in [-0.1, -0.05) is 20.8 Å². The van der Waals surface area contributed by atoms with Crippen molar-refractivity contribution in [3.8, 4) is 0 Å². The first kappa shape index (κ1) is 10.7. The second-order valence-corrected chi connectivity index (χ2v) is 5.83. The first-order valence-corrected chi connectivity index (χ1v) is 5.74. The molecule has 0 amide bonds. The van der Waals surface area contributed by atoms with E-state index >= 15 is 0 Å². The summed E-state index contributed by atoms with van der Waals surface area (Å²) < 4.78 is 2.27. The Balaban J connectivity index is 2.16. The topological polar surface area (TPSA) is 43.8 Å². The zero-order valence-corrected chi connectivity index (χ0v) is 9.95. The molecule has 0 saturated heterocycles. The first-order chi connectivity index (χ1) is 6.94. The van der Waals surface area contributed by atoms with Gasteiger partial charge in [0, 0.05) is 25.2 Å². The van der Waals surface area contributed by atoms with Crippen LogP contribution in [0.3, 0.4) is 0 Å². The smallest absolute Gasteiger partial charge is 0.110 e. The van der Waals surface area contributed by atoms with Crippen LogP contribution in [0.15, 0.2) is 6.20 Å². The largest absolute Gasteiger partial charge is 0.335 e. The Hall–Kier alpha value is -0.830. The molecule has 0 saturated carbocycles. The Kier molecular flexibility index (Phi) is 2.59. The van der Waals surface area contributed by atoms with Crippen molar-refractivity contribution in [3.05, 3.63) is 17.7 Å². The van der Waals surface area contributed by atoms with Crippen LogP contribution in [0.5, 0.6) is 0 Å². The molecule has 84 valence electrons. The van der Waals surface area contributed by atoms with Crippen LogP contribution < -0.4 is 5.73 Å². The van der Waals surface area contributed by atoms with Gasteiger partial charge in [-0.2, -0.15) is 0 Å². The van der Waals surface area contributed by atoms with Gasteiger partial charge >= 0.3 is 0 Å². The molecule has 1 aromatic heterocycles. The van der Waals surface area contributed by atoms with Gasteiger partial charge in [0.05, 0.1) is 5.69 Å². The maximum Gasteiger partial charge on any atom is 0.110 e. The summed E-state index contributed by atoms with van der Waals surface area (Å²) in [6.07, 6.45) is 5.26. The average molecular weight is 207 g/mol. The monoisotopic (exact) mass is 207 g/mol. The minimum atomic E-state index is 0.308. The molecule has 15 heavy (non-hydrogen) atoms. The number of rotatable bonds is 1. The highest BCUT2D eigenvalue weighted by molar-refractivity contribution is 5.09. The van der Waals surface area contributed by atoms with E-state index < -0.39 is 0 Å². The fourth-order valence-electron chi connectivity index (χ4n) is 2.14. The lowest BCUT2D eigenvalue weighted by Gasteiger charge is -2.18. The van der Waals surface area contributed by atoms with E-state index in [1.165, 1.54) is 11.5 Å². The summed E-state index contributed by atoms with van der Waals surface area (Å²) in [5.41, 5.74) is 7.46. The quantitative estimate of drug-likeness (QED) is 0.762. The summed E-state index contributed by atoms with van der Waals surface area (Å²) in [6.45, 7) is 7.78. The number of nitrogens with zero attached hydrogens (tertiary/aromatic N) is 2. The van der Waals surface area contributed by atoms with E-state index in [0.717, 1.165) is 25.8 Å². The highest BCUT2D eigenvalue weighted by atomic mass is 15.1. The van der Waals surface area contributed by atoms with Crippen LogP contribution >= 0.6 is 0 Å². The van der Waals surface area contributed by atoms with Crippen LogP contribution in [0.1, 0.15) is 38.7 Å². The minimum Gasteiger partial charge on any atom is -0.335 e. The summed E-state index contributed by atoms with van der Waals surface area (Å²) in [5.74, 6) is 1.17. The van der Waals surface area contributed by atoms with E-state index in [2.05, 4.69) is 36.5 Å². The number of nitrogens with two attached hydrogens (primary N) is 1. The maximum absolute atomic E-state index is 5.93. The first-order valence-electron chi connectivity index (χ1n) is 5.74. The van der Waals surface area contributed by atoms with E-state index in [-0.39, 0.29) is 0 Å². The molecule has 1 aliphatic heterocycles. The average Bonchev–Trinajstić information content (AvgIpc) is 2.42. The van der Waals surface area contributed by atoms with Gasteiger partial charge in [0.1, 0.15) is 5.82 Å². The number of fused-ring (bicyclic) bond motifs is 1. The fraction of sp³-hybridized carbons (Fsp3) is 0.750. The lowest BCUT2D eigenvalue weighted by Crippen LogP contribution is -2.30. The Bertz CT molecular complexity index is 346. The SMILES string of the molecule is CC(C)(C)Cc1cn2c(n1)CC(N)CC2. The van der Waals surface area contributed by atoms with Gasteiger partial charge < -0.3 is 10.3 Å². The van der Waals surface area contributed by atoms with Crippen molar-refractivity contribution in [2.45, 2.75) is 52.6 Å². The van der Waals surface area contributed by atoms with E-state index in [4.69, 9.17) is 5.73 Å². The number of aromatic nitrogens is 2. The predicted octanol–water partition coefficient (Wildman–Crippen LogP) is 1.75. The molecule has 0 radical (unpaired) electrons. The molecule has 0 aliphatic carbocycles. The van der Waals surface area contributed by atoms with Crippen molar-refractivity contribution in [3.63, 3.8) is 0 Å². The molecular formula is C12H21N3. The van der Waals surface area contributed by atoms with Crippen LogP contribution in [0, 0.1) is 5.41 Å². The third kappa shape index (κ3) is 2.59. The van der Waals surface area contributed by atoms with Crippen molar-refractivity contribution in [1.82, 2.24) is 9.55 Å². The van der Waals surface area contributed by atoms with Crippen LogP contribution in [0.25, 0.3) is 0 Å². The molecule has 0 spiro atoms. The normalized spacial score (nSPS) is 21.5. The Morgan fingerprint density at radius 3 is 2.93 bits per heavy atom. The van der Waals surface area contributed by atoms with Crippen LogP contribution in [-0.2, 0) is 19.4 Å². The third-order valence-electron chi connectivity index (χ3n) is 2.81. The predicted molar refractivity (Wildman–Crippen MR) is 61.7 cm³/mol. The summed E-state index contributed by atoms with van der Waals surface area (Å²) >= 11 is 0. The molecule has 1 unspecified atom stereocenters. The summed E-state index contributed by atoms with van der Waals surface area (Å²) in [6, 6.07) is 0.308. The molecule has 3 heteroatoms. The van der Waals surface area contributed by atoms with Crippen LogP contribution in [0.2, 0.25) is 0 Å². The Morgan fingerprint density at radius 2 is 2.27 bits per heavy atom. The zero-order valence-electron chi connectivity index (χ0n) is 9.95. The Morgan fingerprint density at radius 1 is 1.53 bits per heavy atom. The molecule has 3 nitrogen and oxygen atoms in total. The lowest BCUT2D eigenvalue weighted by molar-refractivity contribution is 0.406. The molecule has 2 rings (SSSR count). The van der Waals surface area contributed by atoms with Crippen molar-refractivity contribution < 1.29 is 0 Å². The van der Waals surface area contributed by atoms with E-state index in [0.29, 0.717) is 11.5 Å². The molecule has 2 N–H and O–H groups in total. The van der Waals surface area contributed by atoms with Gasteiger partial charge in [-0.3, -0.25) is 0 Å². The van der Waals surface area contributed by atoms with E-state index in [9.17, 15) is 0 Å². The van der Waals surface area contributed by atoms with Gasteiger partial charge in [0.25, 0.3) is 0 Å². The van der Waals surface area contributed by atoms with Crippen molar-refractivity contribution in [2.24, 2.45) is 11.1 Å². The molecule has 1 atom stereocenters. The lowest BCUT2D eigenvalue weighted by atomic mass is 9.91. The summed E-state index contributed by atoms with van der Waals surface area (Å²) in [4.78, 5) is 4.67. The number of imidazole rings is 1. The van der Waals surface area contributed by atoms with Crippen LogP contribution in [0.4, 0.5) is 0 Å². The number of aryl methyl sites for hydroxylation is 1. The second-order valence-electron chi connectivity index (χ2n) is 5.83. The van der Waals surface area contributed by atoms with Gasteiger partial charge in [-0.25, -0.2) is 4.98 Å². The molecule has 1 aliphatic rings. The zero-order chi connectivity index (χ0) is 11.1. The fourth-order valence-corrected chi connectivity index (χ4v) is 2.14. The minimum absolute atomic E-state index is 0.308. The molecular weight excluding hydrogens is 186 g/mol. The maximum atomic E-state index is 5.93. The highest BCUT2D eigenvalue weighted by Gasteiger charge is 2.20. The third-order valence-corrected chi connectivity index (χ3v) is 2.81. The van der Waals surface area contributed by atoms with E-state index in [1.54, 1.807) is 0 Å². The van der Waals surface area contributed by atoms with Gasteiger partial charge in [-0.05, 0) is 18.3 Å². The van der Waals surface area contributed by atoms with Gasteiger partial charge in [-0.15, -0.1) is 0 Å². The number of hydrogen-bond acceptors (Lipinski definition) is 2. The number of hydrogen-bond donors (Lipinski definition) is 1. The molecule has 0 bridgehead atoms. The summed E-state index contributed by atoms with van der Waals surface area (Å²) in [5, 5.41) is 0. The molecule has 2 heterocycles. The molecule has 0 aromatic carbocycles. The van der Waals surface area contributed by atoms with Crippen molar-refractivity contribution in [2.75, 3.05) is 0 Å². The van der Waals surface area contributed by atoms with Gasteiger partial charge in [0.15, 0.2) is 0 Å². The van der Waals surface area contributed by atoms with Crippen LogP contribution in [-0.4, -0.2) is 15.6 Å². The summed E-state index contributed by atoms with van der Waals surface area (Å²) in [7, 11) is 0. The van der Waals surface area contributed by atoms with E-state index in [1.807, 2.05) is 0 Å². The second kappa shape index (κ2) is 3.63. The highest BCUT2D eigenvalue weighted by Crippen LogP contribution is 2.22. The molecule has 0 fully saturated rings. The Labute approximate surface area is 91.7 Å². The van der Waals surface area contributed by atoms with Crippen molar-refractivity contribution >= 4 is 0 Å². The van der Waals surface area contributed by atoms with Crippen molar-refractivity contribution in [1.29, 1.82) is 0 Å².